The minimum Gasteiger partial charge on any atom is -0.478 e. The van der Waals surface area contributed by atoms with Crippen molar-refractivity contribution >= 4 is 48.9 Å². The summed E-state index contributed by atoms with van der Waals surface area (Å²) in [6.45, 7) is 0. The molecule has 0 spiro atoms. The second-order valence-electron chi connectivity index (χ2n) is 4.40. The molecule has 106 valence electrons. The topological polar surface area (TPSA) is 75.1 Å². The van der Waals surface area contributed by atoms with Crippen molar-refractivity contribution < 1.29 is 9.90 Å². The summed E-state index contributed by atoms with van der Waals surface area (Å²) in [7, 11) is 0. The molecule has 0 amide bonds. The molecule has 7 heteroatoms. The Labute approximate surface area is 135 Å². The van der Waals surface area contributed by atoms with Crippen LogP contribution in [0.5, 0.6) is 0 Å². The number of carboxylic acid groups (broad SMARTS) is 1. The van der Waals surface area contributed by atoms with Crippen molar-refractivity contribution in [2.75, 3.05) is 0 Å². The van der Waals surface area contributed by atoms with E-state index >= 15 is 0 Å². The van der Waals surface area contributed by atoms with Crippen molar-refractivity contribution in [3.05, 3.63) is 61.4 Å². The van der Waals surface area contributed by atoms with E-state index < -0.39 is 5.97 Å². The number of imidazole rings is 1. The molecule has 2 aromatic carbocycles. The second kappa shape index (κ2) is 5.16. The Morgan fingerprint density at radius 2 is 1.90 bits per heavy atom. The lowest BCUT2D eigenvalue weighted by Crippen LogP contribution is -2.14. The minimum atomic E-state index is -1.03. The van der Waals surface area contributed by atoms with Gasteiger partial charge in [0, 0.05) is 8.95 Å². The van der Waals surface area contributed by atoms with Gasteiger partial charge >= 0.3 is 11.7 Å². The number of aromatic amines is 1. The number of aromatic carboxylic acids is 1. The summed E-state index contributed by atoms with van der Waals surface area (Å²) in [6, 6.07) is 10.0. The maximum absolute atomic E-state index is 12.2. The number of rotatable bonds is 2. The van der Waals surface area contributed by atoms with Gasteiger partial charge in [-0.3, -0.25) is 4.57 Å². The molecular weight excluding hydrogens is 404 g/mol. The monoisotopic (exact) mass is 410 g/mol. The molecule has 0 saturated heterocycles. The summed E-state index contributed by atoms with van der Waals surface area (Å²) in [5.41, 5.74) is 1.58. The van der Waals surface area contributed by atoms with Crippen LogP contribution in [0.15, 0.2) is 50.1 Å². The van der Waals surface area contributed by atoms with Gasteiger partial charge < -0.3 is 10.1 Å². The Morgan fingerprint density at radius 1 is 1.14 bits per heavy atom. The van der Waals surface area contributed by atoms with Gasteiger partial charge in [0.25, 0.3) is 0 Å². The summed E-state index contributed by atoms with van der Waals surface area (Å²) < 4.78 is 3.14. The van der Waals surface area contributed by atoms with Gasteiger partial charge in [-0.25, -0.2) is 9.59 Å². The number of nitrogens with zero attached hydrogens (tertiary/aromatic N) is 1. The fraction of sp³-hybridized carbons (Fsp3) is 0. The Balaban J connectivity index is 2.30. The Hall–Kier alpha value is -1.86. The highest BCUT2D eigenvalue weighted by Gasteiger charge is 2.13. The largest absolute Gasteiger partial charge is 0.478 e. The highest BCUT2D eigenvalue weighted by Crippen LogP contribution is 2.26. The second-order valence-corrected chi connectivity index (χ2v) is 6.17. The molecule has 3 rings (SSSR count). The molecule has 3 aromatic rings. The number of aromatic nitrogens is 2. The van der Waals surface area contributed by atoms with E-state index in [1.807, 2.05) is 12.1 Å². The van der Waals surface area contributed by atoms with E-state index in [-0.39, 0.29) is 11.3 Å². The van der Waals surface area contributed by atoms with E-state index in [9.17, 15) is 9.59 Å². The number of benzene rings is 2. The predicted molar refractivity (Wildman–Crippen MR) is 86.3 cm³/mol. The van der Waals surface area contributed by atoms with Crippen LogP contribution in [0.3, 0.4) is 0 Å². The van der Waals surface area contributed by atoms with Crippen LogP contribution in [0.4, 0.5) is 0 Å². The molecule has 1 heterocycles. The highest BCUT2D eigenvalue weighted by atomic mass is 79.9. The first kappa shape index (κ1) is 14.1. The van der Waals surface area contributed by atoms with Crippen molar-refractivity contribution in [3.8, 4) is 5.69 Å². The molecule has 5 nitrogen and oxygen atoms in total. The van der Waals surface area contributed by atoms with Gasteiger partial charge in [-0.1, -0.05) is 15.9 Å². The van der Waals surface area contributed by atoms with E-state index in [4.69, 9.17) is 5.11 Å². The average molecular weight is 412 g/mol. The zero-order valence-electron chi connectivity index (χ0n) is 10.4. The molecule has 0 aliphatic heterocycles. The molecule has 0 aliphatic rings. The van der Waals surface area contributed by atoms with Crippen molar-refractivity contribution in [1.82, 2.24) is 9.55 Å². The fourth-order valence-corrected chi connectivity index (χ4v) is 3.37. The van der Waals surface area contributed by atoms with Gasteiger partial charge in [-0.15, -0.1) is 0 Å². The number of carbonyl (C=O) groups is 1. The third kappa shape index (κ3) is 2.43. The lowest BCUT2D eigenvalue weighted by molar-refractivity contribution is 0.0697. The third-order valence-corrected chi connectivity index (χ3v) is 4.21. The summed E-state index contributed by atoms with van der Waals surface area (Å²) in [5, 5.41) is 9.00. The predicted octanol–water partition coefficient (Wildman–Crippen LogP) is 3.54. The van der Waals surface area contributed by atoms with Crippen LogP contribution in [-0.2, 0) is 0 Å². The summed E-state index contributed by atoms with van der Waals surface area (Å²) in [5.74, 6) is -1.03. The van der Waals surface area contributed by atoms with Gasteiger partial charge in [0.1, 0.15) is 0 Å². The molecule has 21 heavy (non-hydrogen) atoms. The zero-order chi connectivity index (χ0) is 15.1. The Kier molecular flexibility index (Phi) is 3.46. The van der Waals surface area contributed by atoms with E-state index in [2.05, 4.69) is 36.8 Å². The lowest BCUT2D eigenvalue weighted by Gasteiger charge is -2.06. The van der Waals surface area contributed by atoms with Crippen LogP contribution in [0.25, 0.3) is 16.7 Å². The molecule has 0 aliphatic carbocycles. The van der Waals surface area contributed by atoms with E-state index in [1.54, 1.807) is 12.1 Å². The van der Waals surface area contributed by atoms with Crippen LogP contribution in [0.2, 0.25) is 0 Å². The van der Waals surface area contributed by atoms with Gasteiger partial charge in [0.05, 0.1) is 22.3 Å². The maximum atomic E-state index is 12.2. The van der Waals surface area contributed by atoms with Crippen LogP contribution >= 0.6 is 31.9 Å². The first-order valence-corrected chi connectivity index (χ1v) is 7.49. The van der Waals surface area contributed by atoms with Crippen LogP contribution < -0.4 is 5.69 Å². The molecule has 0 saturated carbocycles. The first-order chi connectivity index (χ1) is 9.97. The smallest absolute Gasteiger partial charge is 0.335 e. The summed E-state index contributed by atoms with van der Waals surface area (Å²) in [4.78, 5) is 25.8. The molecule has 2 N–H and O–H groups in total. The van der Waals surface area contributed by atoms with E-state index in [0.717, 1.165) is 8.95 Å². The van der Waals surface area contributed by atoms with Crippen molar-refractivity contribution in [2.24, 2.45) is 0 Å². The van der Waals surface area contributed by atoms with Crippen molar-refractivity contribution in [2.45, 2.75) is 0 Å². The Morgan fingerprint density at radius 3 is 2.57 bits per heavy atom. The number of fused-ring (bicyclic) bond motifs is 1. The molecular formula is C14H8Br2N2O3. The van der Waals surface area contributed by atoms with Crippen molar-refractivity contribution in [3.63, 3.8) is 0 Å². The number of carboxylic acids is 1. The SMILES string of the molecule is O=C(O)c1ccc2c(c1)[nH]c(=O)n2-c1ccc(Br)cc1Br. The Bertz CT molecular complexity index is 928. The molecule has 1 aromatic heterocycles. The minimum absolute atomic E-state index is 0.130. The zero-order valence-corrected chi connectivity index (χ0v) is 13.6. The number of nitrogens with one attached hydrogen (secondary N) is 1. The number of halogens is 2. The van der Waals surface area contributed by atoms with Gasteiger partial charge in [0.2, 0.25) is 0 Å². The number of H-pyrrole nitrogens is 1. The quantitative estimate of drug-likeness (QED) is 0.677. The van der Waals surface area contributed by atoms with Crippen LogP contribution in [0.1, 0.15) is 10.4 Å². The van der Waals surface area contributed by atoms with Gasteiger partial charge in [-0.2, -0.15) is 0 Å². The molecule has 0 fully saturated rings. The summed E-state index contributed by atoms with van der Waals surface area (Å²) in [6.07, 6.45) is 0. The van der Waals surface area contributed by atoms with Gasteiger partial charge in [-0.05, 0) is 52.3 Å². The van der Waals surface area contributed by atoms with Gasteiger partial charge in [0.15, 0.2) is 0 Å². The number of hydrogen-bond donors (Lipinski definition) is 2. The number of hydrogen-bond acceptors (Lipinski definition) is 2. The molecule has 0 atom stereocenters. The normalized spacial score (nSPS) is 11.0. The highest BCUT2D eigenvalue weighted by molar-refractivity contribution is 9.11. The molecule has 0 unspecified atom stereocenters. The van der Waals surface area contributed by atoms with Crippen LogP contribution in [-0.4, -0.2) is 20.6 Å². The van der Waals surface area contributed by atoms with E-state index in [1.165, 1.54) is 16.7 Å². The standard InChI is InChI=1S/C14H8Br2N2O3/c15-8-2-4-11(9(16)6-8)18-12-3-1-7(13(19)20)5-10(12)17-14(18)21/h1-6H,(H,17,21)(H,19,20). The summed E-state index contributed by atoms with van der Waals surface area (Å²) >= 11 is 6.79. The average Bonchev–Trinajstić information content (AvgIpc) is 2.74. The third-order valence-electron chi connectivity index (χ3n) is 3.08. The molecule has 0 bridgehead atoms. The lowest BCUT2D eigenvalue weighted by atomic mass is 10.2. The van der Waals surface area contributed by atoms with Crippen molar-refractivity contribution in [1.29, 1.82) is 0 Å². The van der Waals surface area contributed by atoms with E-state index in [0.29, 0.717) is 16.7 Å². The fourth-order valence-electron chi connectivity index (χ4n) is 2.15. The first-order valence-electron chi connectivity index (χ1n) is 5.91. The molecule has 0 radical (unpaired) electrons. The maximum Gasteiger partial charge on any atom is 0.335 e. The van der Waals surface area contributed by atoms with Crippen LogP contribution in [0, 0.1) is 0 Å².